The number of aromatic nitrogens is 3. The van der Waals surface area contributed by atoms with Crippen molar-refractivity contribution in [1.29, 1.82) is 5.26 Å². The fourth-order valence-electron chi connectivity index (χ4n) is 1.64. The highest BCUT2D eigenvalue weighted by molar-refractivity contribution is 5.44. The van der Waals surface area contributed by atoms with Gasteiger partial charge in [-0.15, -0.1) is 5.10 Å². The monoisotopic (exact) mass is 243 g/mol. The molecule has 0 bridgehead atoms. The second-order valence-electron chi connectivity index (χ2n) is 3.70. The molecule has 0 aliphatic heterocycles. The predicted molar refractivity (Wildman–Crippen MR) is 61.7 cm³/mol. The smallest absolute Gasteiger partial charge is 0.258 e. The van der Waals surface area contributed by atoms with Crippen molar-refractivity contribution >= 4 is 5.69 Å². The largest absolute Gasteiger partial charge is 0.272 e. The van der Waals surface area contributed by atoms with E-state index in [2.05, 4.69) is 10.1 Å². The molecular formula is C11H9N5O2. The maximum absolute atomic E-state index is 10.8. The average molecular weight is 243 g/mol. The molecule has 7 heteroatoms. The molecule has 18 heavy (non-hydrogen) atoms. The van der Waals surface area contributed by atoms with Gasteiger partial charge in [0, 0.05) is 11.6 Å². The van der Waals surface area contributed by atoms with Crippen LogP contribution in [0.5, 0.6) is 0 Å². The Morgan fingerprint density at radius 1 is 1.56 bits per heavy atom. The Kier molecular flexibility index (Phi) is 3.02. The van der Waals surface area contributed by atoms with Gasteiger partial charge in [-0.1, -0.05) is 12.1 Å². The van der Waals surface area contributed by atoms with Crippen LogP contribution in [0.3, 0.4) is 0 Å². The fourth-order valence-corrected chi connectivity index (χ4v) is 1.64. The van der Waals surface area contributed by atoms with Gasteiger partial charge in [0.15, 0.2) is 0 Å². The predicted octanol–water partition coefficient (Wildman–Crippen LogP) is 1.41. The summed E-state index contributed by atoms with van der Waals surface area (Å²) in [5.74, 6) is 0.0816. The molecule has 0 aliphatic carbocycles. The molecule has 1 aromatic heterocycles. The molecule has 0 N–H and O–H groups in total. The van der Waals surface area contributed by atoms with Crippen molar-refractivity contribution in [3.8, 4) is 6.07 Å². The number of nitro benzene ring substituents is 1. The highest BCUT2D eigenvalue weighted by atomic mass is 16.6. The van der Waals surface area contributed by atoms with Gasteiger partial charge in [0.2, 0.25) is 0 Å². The SMILES string of the molecule is Cc1c(Cn2cnc(C#N)n2)cccc1[N+](=O)[O-]. The standard InChI is InChI=1S/C11H9N5O2/c1-8-9(3-2-4-10(8)16(17)18)6-15-7-13-11(5-12)14-15/h2-4,7H,6H2,1H3. The van der Waals surface area contributed by atoms with Gasteiger partial charge in [0.25, 0.3) is 11.5 Å². The van der Waals surface area contributed by atoms with Gasteiger partial charge in [-0.2, -0.15) is 5.26 Å². The molecule has 7 nitrogen and oxygen atoms in total. The molecule has 0 amide bonds. The summed E-state index contributed by atoms with van der Waals surface area (Å²) in [4.78, 5) is 14.2. The summed E-state index contributed by atoms with van der Waals surface area (Å²) in [6.45, 7) is 2.04. The van der Waals surface area contributed by atoms with E-state index in [0.29, 0.717) is 12.1 Å². The Balaban J connectivity index is 2.32. The van der Waals surface area contributed by atoms with E-state index in [-0.39, 0.29) is 11.5 Å². The van der Waals surface area contributed by atoms with Crippen LogP contribution in [0.1, 0.15) is 17.0 Å². The molecule has 2 aromatic rings. The van der Waals surface area contributed by atoms with Crippen molar-refractivity contribution in [3.63, 3.8) is 0 Å². The van der Waals surface area contributed by atoms with Crippen LogP contribution >= 0.6 is 0 Å². The van der Waals surface area contributed by atoms with Gasteiger partial charge in [-0.3, -0.25) is 10.1 Å². The summed E-state index contributed by atoms with van der Waals surface area (Å²) in [5, 5.41) is 23.3. The first kappa shape index (κ1) is 11.7. The summed E-state index contributed by atoms with van der Waals surface area (Å²) < 4.78 is 1.48. The molecule has 0 saturated heterocycles. The van der Waals surface area contributed by atoms with E-state index in [1.54, 1.807) is 19.1 Å². The summed E-state index contributed by atoms with van der Waals surface area (Å²) in [6, 6.07) is 6.70. The number of nitriles is 1. The van der Waals surface area contributed by atoms with E-state index < -0.39 is 4.92 Å². The minimum Gasteiger partial charge on any atom is -0.258 e. The highest BCUT2D eigenvalue weighted by Crippen LogP contribution is 2.21. The van der Waals surface area contributed by atoms with E-state index in [1.165, 1.54) is 17.1 Å². The zero-order valence-electron chi connectivity index (χ0n) is 9.57. The van der Waals surface area contributed by atoms with Gasteiger partial charge < -0.3 is 0 Å². The molecule has 1 heterocycles. The molecule has 0 unspecified atom stereocenters. The lowest BCUT2D eigenvalue weighted by atomic mass is 10.1. The summed E-state index contributed by atoms with van der Waals surface area (Å²) in [7, 11) is 0. The first-order valence-electron chi connectivity index (χ1n) is 5.14. The molecule has 1 aromatic carbocycles. The Labute approximate surface area is 102 Å². The van der Waals surface area contributed by atoms with E-state index in [9.17, 15) is 10.1 Å². The normalized spacial score (nSPS) is 10.0. The van der Waals surface area contributed by atoms with E-state index in [4.69, 9.17) is 5.26 Å². The van der Waals surface area contributed by atoms with Crippen molar-refractivity contribution < 1.29 is 4.92 Å². The topological polar surface area (TPSA) is 97.6 Å². The number of hydrogen-bond acceptors (Lipinski definition) is 5. The number of rotatable bonds is 3. The minimum atomic E-state index is -0.416. The maximum atomic E-state index is 10.8. The third-order valence-electron chi connectivity index (χ3n) is 2.58. The van der Waals surface area contributed by atoms with Crippen molar-refractivity contribution in [1.82, 2.24) is 14.8 Å². The second-order valence-corrected chi connectivity index (χ2v) is 3.70. The van der Waals surface area contributed by atoms with Crippen molar-refractivity contribution in [2.45, 2.75) is 13.5 Å². The molecule has 0 spiro atoms. The van der Waals surface area contributed by atoms with Crippen molar-refractivity contribution in [2.75, 3.05) is 0 Å². The number of nitrogens with zero attached hydrogens (tertiary/aromatic N) is 5. The number of hydrogen-bond donors (Lipinski definition) is 0. The van der Waals surface area contributed by atoms with Crippen LogP contribution in [0.2, 0.25) is 0 Å². The van der Waals surface area contributed by atoms with Crippen LogP contribution in [0.15, 0.2) is 24.5 Å². The first-order chi connectivity index (χ1) is 8.61. The molecule has 0 saturated carbocycles. The van der Waals surface area contributed by atoms with Gasteiger partial charge in [0.05, 0.1) is 11.5 Å². The minimum absolute atomic E-state index is 0.0770. The average Bonchev–Trinajstić information content (AvgIpc) is 2.79. The molecular weight excluding hydrogens is 234 g/mol. The lowest BCUT2D eigenvalue weighted by Crippen LogP contribution is -2.04. The Morgan fingerprint density at radius 2 is 2.33 bits per heavy atom. The molecule has 0 atom stereocenters. The van der Waals surface area contributed by atoms with E-state index in [1.807, 2.05) is 6.07 Å². The zero-order chi connectivity index (χ0) is 13.1. The van der Waals surface area contributed by atoms with Crippen LogP contribution in [0.25, 0.3) is 0 Å². The fraction of sp³-hybridized carbons (Fsp3) is 0.182. The van der Waals surface area contributed by atoms with E-state index >= 15 is 0 Å². The van der Waals surface area contributed by atoms with Crippen LogP contribution in [-0.2, 0) is 6.54 Å². The summed E-state index contributed by atoms with van der Waals surface area (Å²) in [6.07, 6.45) is 1.43. The maximum Gasteiger partial charge on any atom is 0.272 e. The Hall–Kier alpha value is -2.75. The molecule has 90 valence electrons. The van der Waals surface area contributed by atoms with Gasteiger partial charge in [-0.05, 0) is 12.5 Å². The molecule has 0 aliphatic rings. The number of nitro groups is 1. The lowest BCUT2D eigenvalue weighted by Gasteiger charge is -2.05. The third kappa shape index (κ3) is 2.17. The molecule has 2 rings (SSSR count). The second kappa shape index (κ2) is 4.63. The van der Waals surface area contributed by atoms with Gasteiger partial charge in [0.1, 0.15) is 12.4 Å². The van der Waals surface area contributed by atoms with Crippen LogP contribution in [-0.4, -0.2) is 19.7 Å². The van der Waals surface area contributed by atoms with Crippen LogP contribution in [0, 0.1) is 28.4 Å². The first-order valence-corrected chi connectivity index (χ1v) is 5.14. The van der Waals surface area contributed by atoms with Crippen LogP contribution in [0.4, 0.5) is 5.69 Å². The van der Waals surface area contributed by atoms with Crippen molar-refractivity contribution in [2.24, 2.45) is 0 Å². The Bertz CT molecular complexity index is 641. The van der Waals surface area contributed by atoms with Gasteiger partial charge in [-0.25, -0.2) is 9.67 Å². The van der Waals surface area contributed by atoms with E-state index in [0.717, 1.165) is 5.56 Å². The summed E-state index contributed by atoms with van der Waals surface area (Å²) >= 11 is 0. The quantitative estimate of drug-likeness (QED) is 0.599. The lowest BCUT2D eigenvalue weighted by molar-refractivity contribution is -0.385. The number of benzene rings is 1. The molecule has 0 fully saturated rings. The molecule has 0 radical (unpaired) electrons. The highest BCUT2D eigenvalue weighted by Gasteiger charge is 2.13. The zero-order valence-corrected chi connectivity index (χ0v) is 9.57. The van der Waals surface area contributed by atoms with Gasteiger partial charge >= 0.3 is 0 Å². The summed E-state index contributed by atoms with van der Waals surface area (Å²) in [5.41, 5.74) is 1.45. The van der Waals surface area contributed by atoms with Crippen LogP contribution < -0.4 is 0 Å². The van der Waals surface area contributed by atoms with Crippen molar-refractivity contribution in [3.05, 3.63) is 51.6 Å². The third-order valence-corrected chi connectivity index (χ3v) is 2.58. The Morgan fingerprint density at radius 3 is 2.94 bits per heavy atom.